The standard InChI is InChI=1S/C14H20BrNOS/c1-10-9-11(18-12(10)15)13(17)16-7-4-5-14(2,3)6-8-16/h9H,4-8H2,1-3H3. The van der Waals surface area contributed by atoms with Crippen molar-refractivity contribution in [1.82, 2.24) is 4.90 Å². The van der Waals surface area contributed by atoms with Gasteiger partial charge in [-0.1, -0.05) is 13.8 Å². The number of nitrogens with zero attached hydrogens (tertiary/aromatic N) is 1. The van der Waals surface area contributed by atoms with Crippen molar-refractivity contribution in [3.8, 4) is 0 Å². The van der Waals surface area contributed by atoms with Crippen LogP contribution in [0.3, 0.4) is 0 Å². The largest absolute Gasteiger partial charge is 0.338 e. The summed E-state index contributed by atoms with van der Waals surface area (Å²) in [7, 11) is 0. The first-order valence-corrected chi connectivity index (χ1v) is 8.05. The van der Waals surface area contributed by atoms with Crippen LogP contribution >= 0.6 is 27.3 Å². The average molecular weight is 330 g/mol. The molecule has 0 aliphatic carbocycles. The number of carbonyl (C=O) groups excluding carboxylic acids is 1. The normalized spacial score (nSPS) is 19.7. The monoisotopic (exact) mass is 329 g/mol. The first-order chi connectivity index (χ1) is 8.39. The van der Waals surface area contributed by atoms with E-state index in [1.54, 1.807) is 11.3 Å². The van der Waals surface area contributed by atoms with E-state index in [1.807, 2.05) is 17.9 Å². The quantitative estimate of drug-likeness (QED) is 0.744. The van der Waals surface area contributed by atoms with Crippen molar-refractivity contribution in [3.63, 3.8) is 0 Å². The van der Waals surface area contributed by atoms with Gasteiger partial charge in [-0.2, -0.15) is 0 Å². The van der Waals surface area contributed by atoms with Gasteiger partial charge in [-0.3, -0.25) is 4.79 Å². The number of amides is 1. The molecule has 2 heterocycles. The maximum atomic E-state index is 12.4. The van der Waals surface area contributed by atoms with Crippen LogP contribution in [0.4, 0.5) is 0 Å². The predicted octanol–water partition coefficient (Wildman–Crippen LogP) is 4.47. The summed E-state index contributed by atoms with van der Waals surface area (Å²) in [5.41, 5.74) is 1.53. The van der Waals surface area contributed by atoms with Crippen molar-refractivity contribution in [2.45, 2.75) is 40.0 Å². The Balaban J connectivity index is 2.09. The van der Waals surface area contributed by atoms with Gasteiger partial charge in [0.15, 0.2) is 0 Å². The molecule has 0 N–H and O–H groups in total. The molecule has 1 aromatic rings. The maximum Gasteiger partial charge on any atom is 0.263 e. The zero-order chi connectivity index (χ0) is 13.3. The molecule has 0 aromatic carbocycles. The Morgan fingerprint density at radius 2 is 2.11 bits per heavy atom. The lowest BCUT2D eigenvalue weighted by atomic mass is 9.85. The van der Waals surface area contributed by atoms with Crippen molar-refractivity contribution in [3.05, 3.63) is 20.3 Å². The molecule has 2 rings (SSSR count). The lowest BCUT2D eigenvalue weighted by molar-refractivity contribution is 0.0762. The molecule has 1 saturated heterocycles. The number of likely N-dealkylation sites (tertiary alicyclic amines) is 1. The fourth-order valence-electron chi connectivity index (χ4n) is 2.35. The summed E-state index contributed by atoms with van der Waals surface area (Å²) >= 11 is 5.04. The van der Waals surface area contributed by atoms with Gasteiger partial charge in [0.2, 0.25) is 0 Å². The summed E-state index contributed by atoms with van der Waals surface area (Å²) in [6, 6.07) is 1.99. The van der Waals surface area contributed by atoms with Gasteiger partial charge in [-0.15, -0.1) is 11.3 Å². The molecule has 1 aliphatic rings. The molecule has 0 radical (unpaired) electrons. The fourth-order valence-corrected chi connectivity index (χ4v) is 3.85. The SMILES string of the molecule is Cc1cc(C(=O)N2CCCC(C)(C)CC2)sc1Br. The van der Waals surface area contributed by atoms with Crippen LogP contribution in [-0.4, -0.2) is 23.9 Å². The second kappa shape index (κ2) is 5.33. The number of thiophene rings is 1. The van der Waals surface area contributed by atoms with Crippen LogP contribution in [0.5, 0.6) is 0 Å². The topological polar surface area (TPSA) is 20.3 Å². The van der Waals surface area contributed by atoms with Crippen molar-refractivity contribution < 1.29 is 4.79 Å². The van der Waals surface area contributed by atoms with E-state index in [4.69, 9.17) is 0 Å². The second-order valence-corrected chi connectivity index (χ2v) is 8.25. The minimum atomic E-state index is 0.200. The fraction of sp³-hybridized carbons (Fsp3) is 0.643. The Bertz CT molecular complexity index is 433. The highest BCUT2D eigenvalue weighted by atomic mass is 79.9. The van der Waals surface area contributed by atoms with E-state index in [2.05, 4.69) is 29.8 Å². The molecule has 1 aliphatic heterocycles. The predicted molar refractivity (Wildman–Crippen MR) is 80.3 cm³/mol. The van der Waals surface area contributed by atoms with E-state index in [-0.39, 0.29) is 5.91 Å². The van der Waals surface area contributed by atoms with Crippen LogP contribution in [0.25, 0.3) is 0 Å². The molecule has 0 bridgehead atoms. The van der Waals surface area contributed by atoms with Gasteiger partial charge in [0.05, 0.1) is 8.66 Å². The molecule has 0 atom stereocenters. The van der Waals surface area contributed by atoms with E-state index < -0.39 is 0 Å². The summed E-state index contributed by atoms with van der Waals surface area (Å²) in [4.78, 5) is 15.3. The number of halogens is 1. The third-order valence-corrected chi connectivity index (χ3v) is 5.82. The zero-order valence-corrected chi connectivity index (χ0v) is 13.7. The van der Waals surface area contributed by atoms with Gasteiger partial charge < -0.3 is 4.90 Å². The first-order valence-electron chi connectivity index (χ1n) is 6.44. The molecule has 4 heteroatoms. The van der Waals surface area contributed by atoms with E-state index >= 15 is 0 Å². The van der Waals surface area contributed by atoms with Crippen LogP contribution in [0.1, 0.15) is 48.3 Å². The zero-order valence-electron chi connectivity index (χ0n) is 11.3. The van der Waals surface area contributed by atoms with Crippen molar-refractivity contribution in [2.24, 2.45) is 5.41 Å². The molecular weight excluding hydrogens is 310 g/mol. The molecule has 18 heavy (non-hydrogen) atoms. The third-order valence-electron chi connectivity index (χ3n) is 3.70. The Morgan fingerprint density at radius 1 is 1.39 bits per heavy atom. The Morgan fingerprint density at radius 3 is 2.72 bits per heavy atom. The van der Waals surface area contributed by atoms with E-state index in [0.717, 1.165) is 40.2 Å². The lowest BCUT2D eigenvalue weighted by Crippen LogP contribution is -2.31. The highest BCUT2D eigenvalue weighted by molar-refractivity contribution is 9.11. The minimum absolute atomic E-state index is 0.200. The molecule has 1 amide bonds. The van der Waals surface area contributed by atoms with Gasteiger partial charge in [0.1, 0.15) is 0 Å². The highest BCUT2D eigenvalue weighted by Gasteiger charge is 2.26. The van der Waals surface area contributed by atoms with Gasteiger partial charge in [0.25, 0.3) is 5.91 Å². The number of hydrogen-bond acceptors (Lipinski definition) is 2. The van der Waals surface area contributed by atoms with E-state index in [1.165, 1.54) is 6.42 Å². The van der Waals surface area contributed by atoms with Crippen LogP contribution in [-0.2, 0) is 0 Å². The Kier molecular flexibility index (Phi) is 4.17. The molecule has 0 spiro atoms. The smallest absolute Gasteiger partial charge is 0.263 e. The number of aryl methyl sites for hydroxylation is 1. The van der Waals surface area contributed by atoms with E-state index in [0.29, 0.717) is 5.41 Å². The van der Waals surface area contributed by atoms with Crippen LogP contribution in [0.2, 0.25) is 0 Å². The van der Waals surface area contributed by atoms with Gasteiger partial charge >= 0.3 is 0 Å². The van der Waals surface area contributed by atoms with Crippen LogP contribution < -0.4 is 0 Å². The highest BCUT2D eigenvalue weighted by Crippen LogP contribution is 2.32. The van der Waals surface area contributed by atoms with Gasteiger partial charge in [0, 0.05) is 13.1 Å². The summed E-state index contributed by atoms with van der Waals surface area (Å²) in [5, 5.41) is 0. The molecular formula is C14H20BrNOS. The third kappa shape index (κ3) is 3.15. The minimum Gasteiger partial charge on any atom is -0.338 e. The van der Waals surface area contributed by atoms with Gasteiger partial charge in [-0.25, -0.2) is 0 Å². The average Bonchev–Trinajstić information content (AvgIpc) is 2.52. The number of hydrogen-bond donors (Lipinski definition) is 0. The Labute approximate surface area is 122 Å². The van der Waals surface area contributed by atoms with Crippen LogP contribution in [0.15, 0.2) is 9.85 Å². The molecule has 0 unspecified atom stereocenters. The second-order valence-electron chi connectivity index (χ2n) is 5.88. The molecule has 0 saturated carbocycles. The lowest BCUT2D eigenvalue weighted by Gasteiger charge is -2.23. The molecule has 1 fully saturated rings. The van der Waals surface area contributed by atoms with Crippen LogP contribution in [0, 0.1) is 12.3 Å². The maximum absolute atomic E-state index is 12.4. The van der Waals surface area contributed by atoms with Gasteiger partial charge in [-0.05, 0) is 59.2 Å². The molecule has 2 nitrogen and oxygen atoms in total. The summed E-state index contributed by atoms with van der Waals surface area (Å²) in [6.45, 7) is 8.42. The van der Waals surface area contributed by atoms with Crippen molar-refractivity contribution >= 4 is 33.2 Å². The van der Waals surface area contributed by atoms with Crippen molar-refractivity contribution in [2.75, 3.05) is 13.1 Å². The Hall–Kier alpha value is -0.350. The summed E-state index contributed by atoms with van der Waals surface area (Å²) in [5.74, 6) is 0.200. The van der Waals surface area contributed by atoms with Crippen molar-refractivity contribution in [1.29, 1.82) is 0 Å². The number of carbonyl (C=O) groups is 1. The number of rotatable bonds is 1. The summed E-state index contributed by atoms with van der Waals surface area (Å²) < 4.78 is 1.07. The molecule has 100 valence electrons. The van der Waals surface area contributed by atoms with E-state index in [9.17, 15) is 4.79 Å². The molecule has 1 aromatic heterocycles. The summed E-state index contributed by atoms with van der Waals surface area (Å²) in [6.07, 6.45) is 3.43. The first kappa shape index (κ1) is 14.1.